The Hall–Kier alpha value is -1.99. The lowest BCUT2D eigenvalue weighted by atomic mass is 9.99. The lowest BCUT2D eigenvalue weighted by molar-refractivity contribution is 0.141. The Morgan fingerprint density at radius 1 is 1.14 bits per heavy atom. The second kappa shape index (κ2) is 9.98. The summed E-state index contributed by atoms with van der Waals surface area (Å²) in [5.41, 5.74) is 2.60. The molecule has 0 aliphatic carbocycles. The van der Waals surface area contributed by atoms with E-state index in [-0.39, 0.29) is 0 Å². The number of hydrogen-bond donors (Lipinski definition) is 1. The van der Waals surface area contributed by atoms with E-state index in [0.717, 1.165) is 63.2 Å². The van der Waals surface area contributed by atoms with Crippen LogP contribution in [0.15, 0.2) is 17.1 Å². The van der Waals surface area contributed by atoms with Gasteiger partial charge in [-0.25, -0.2) is 0 Å². The molecular weight excluding hydrogens is 356 g/mol. The topological polar surface area (TPSA) is 58.6 Å². The molecule has 2 heterocycles. The molecule has 0 saturated carbocycles. The Bertz CT molecular complexity index is 680. The Morgan fingerprint density at radius 3 is 2.57 bits per heavy atom. The summed E-state index contributed by atoms with van der Waals surface area (Å²) in [4.78, 5) is 9.38. The first kappa shape index (κ1) is 20.7. The van der Waals surface area contributed by atoms with E-state index in [9.17, 15) is 0 Å². The van der Waals surface area contributed by atoms with Crippen LogP contribution in [0.2, 0.25) is 0 Å². The monoisotopic (exact) mass is 390 g/mol. The summed E-state index contributed by atoms with van der Waals surface area (Å²) in [6.45, 7) is 5.64. The number of rotatable bonds is 7. The summed E-state index contributed by atoms with van der Waals surface area (Å²) in [6, 6.07) is 4.75. The van der Waals surface area contributed by atoms with Crippen molar-refractivity contribution in [2.24, 2.45) is 4.99 Å². The van der Waals surface area contributed by atoms with Crippen LogP contribution < -0.4 is 14.8 Å². The van der Waals surface area contributed by atoms with Crippen LogP contribution in [0.1, 0.15) is 24.0 Å². The van der Waals surface area contributed by atoms with Crippen LogP contribution in [0.5, 0.6) is 11.5 Å². The Kier molecular flexibility index (Phi) is 7.39. The number of guanidine groups is 1. The molecule has 0 amide bonds. The predicted octanol–water partition coefficient (Wildman–Crippen LogP) is 1.75. The summed E-state index contributed by atoms with van der Waals surface area (Å²) >= 11 is 0. The lowest BCUT2D eigenvalue weighted by Crippen LogP contribution is -2.48. The maximum absolute atomic E-state index is 5.48. The van der Waals surface area contributed by atoms with E-state index >= 15 is 0 Å². The van der Waals surface area contributed by atoms with Gasteiger partial charge < -0.3 is 24.4 Å². The summed E-state index contributed by atoms with van der Waals surface area (Å²) in [7, 11) is 7.00. The molecule has 7 nitrogen and oxygen atoms in total. The van der Waals surface area contributed by atoms with Gasteiger partial charge >= 0.3 is 0 Å². The van der Waals surface area contributed by atoms with Gasteiger partial charge in [-0.2, -0.15) is 0 Å². The normalized spacial score (nSPS) is 20.2. The van der Waals surface area contributed by atoms with Crippen molar-refractivity contribution >= 4 is 5.96 Å². The van der Waals surface area contributed by atoms with E-state index in [4.69, 9.17) is 14.2 Å². The summed E-state index contributed by atoms with van der Waals surface area (Å²) in [5, 5.41) is 3.61. The average Bonchev–Trinajstić information content (AvgIpc) is 3.18. The van der Waals surface area contributed by atoms with Gasteiger partial charge in [0.1, 0.15) is 0 Å². The van der Waals surface area contributed by atoms with Crippen LogP contribution in [0.4, 0.5) is 0 Å². The highest BCUT2D eigenvalue weighted by Crippen LogP contribution is 2.33. The molecule has 0 bridgehead atoms. The number of nitrogens with one attached hydrogen (secondary N) is 1. The molecule has 1 aromatic carbocycles. The molecule has 3 rings (SSSR count). The second-order valence-corrected chi connectivity index (χ2v) is 7.40. The number of nitrogens with zero attached hydrogens (tertiary/aromatic N) is 3. The van der Waals surface area contributed by atoms with Gasteiger partial charge in [0.15, 0.2) is 17.5 Å². The van der Waals surface area contributed by atoms with Crippen molar-refractivity contribution < 1.29 is 14.2 Å². The highest BCUT2D eigenvalue weighted by atomic mass is 16.5. The first-order valence-corrected chi connectivity index (χ1v) is 10.1. The van der Waals surface area contributed by atoms with Crippen molar-refractivity contribution in [3.8, 4) is 11.5 Å². The molecule has 0 spiro atoms. The van der Waals surface area contributed by atoms with Gasteiger partial charge in [-0.3, -0.25) is 9.89 Å². The van der Waals surface area contributed by atoms with Crippen molar-refractivity contribution in [3.05, 3.63) is 23.3 Å². The van der Waals surface area contributed by atoms with Gasteiger partial charge in [-0.05, 0) is 49.1 Å². The van der Waals surface area contributed by atoms with Crippen LogP contribution in [0, 0.1) is 0 Å². The molecule has 7 heteroatoms. The molecule has 1 atom stereocenters. The third-order valence-corrected chi connectivity index (χ3v) is 5.81. The first-order valence-electron chi connectivity index (χ1n) is 10.1. The standard InChI is InChI=1S/C21H34N4O3/c1-22-21(23-14-18-6-5-8-24(18)10-11-26-2)25-9-7-16-12-19(27-3)20(28-4)13-17(16)15-25/h12-13,18H,5-11,14-15H2,1-4H3,(H,22,23). The smallest absolute Gasteiger partial charge is 0.194 e. The Morgan fingerprint density at radius 2 is 1.89 bits per heavy atom. The molecule has 1 unspecified atom stereocenters. The van der Waals surface area contributed by atoms with E-state index < -0.39 is 0 Å². The zero-order valence-corrected chi connectivity index (χ0v) is 17.7. The van der Waals surface area contributed by atoms with Crippen molar-refractivity contribution in [1.82, 2.24) is 15.1 Å². The molecule has 28 heavy (non-hydrogen) atoms. The van der Waals surface area contributed by atoms with E-state index in [0.29, 0.717) is 6.04 Å². The molecule has 1 N–H and O–H groups in total. The number of hydrogen-bond acceptors (Lipinski definition) is 5. The molecule has 2 aliphatic rings. The fourth-order valence-electron chi connectivity index (χ4n) is 4.23. The molecule has 156 valence electrons. The van der Waals surface area contributed by atoms with Gasteiger partial charge in [0.2, 0.25) is 0 Å². The molecule has 0 aromatic heterocycles. The van der Waals surface area contributed by atoms with Crippen molar-refractivity contribution in [2.75, 3.05) is 61.2 Å². The number of ether oxygens (including phenoxy) is 3. The predicted molar refractivity (Wildman–Crippen MR) is 111 cm³/mol. The number of methoxy groups -OCH3 is 3. The fraction of sp³-hybridized carbons (Fsp3) is 0.667. The first-order chi connectivity index (χ1) is 13.7. The molecular formula is C21H34N4O3. The minimum Gasteiger partial charge on any atom is -0.493 e. The maximum Gasteiger partial charge on any atom is 0.194 e. The number of likely N-dealkylation sites (tertiary alicyclic amines) is 1. The van der Waals surface area contributed by atoms with Crippen molar-refractivity contribution in [1.29, 1.82) is 0 Å². The zero-order valence-electron chi connectivity index (χ0n) is 17.7. The van der Waals surface area contributed by atoms with Crippen molar-refractivity contribution in [2.45, 2.75) is 31.8 Å². The van der Waals surface area contributed by atoms with Gasteiger partial charge in [0.25, 0.3) is 0 Å². The van der Waals surface area contributed by atoms with E-state index in [1.807, 2.05) is 7.05 Å². The quantitative estimate of drug-likeness (QED) is 0.565. The van der Waals surface area contributed by atoms with E-state index in [1.165, 1.54) is 24.0 Å². The van der Waals surface area contributed by atoms with Crippen LogP contribution in [0.3, 0.4) is 0 Å². The third kappa shape index (κ3) is 4.70. The maximum atomic E-state index is 5.48. The van der Waals surface area contributed by atoms with Crippen LogP contribution in [-0.4, -0.2) is 83.0 Å². The van der Waals surface area contributed by atoms with Gasteiger partial charge in [0.05, 0.1) is 20.8 Å². The minimum absolute atomic E-state index is 0.549. The second-order valence-electron chi connectivity index (χ2n) is 7.40. The molecule has 2 aliphatic heterocycles. The third-order valence-electron chi connectivity index (χ3n) is 5.81. The van der Waals surface area contributed by atoms with Crippen molar-refractivity contribution in [3.63, 3.8) is 0 Å². The summed E-state index contributed by atoms with van der Waals surface area (Å²) in [6.07, 6.45) is 3.46. The molecule has 1 aromatic rings. The van der Waals surface area contributed by atoms with Gasteiger partial charge in [-0.1, -0.05) is 0 Å². The Labute approximate surface area is 168 Å². The molecule has 0 radical (unpaired) electrons. The highest BCUT2D eigenvalue weighted by Gasteiger charge is 2.26. The largest absolute Gasteiger partial charge is 0.493 e. The van der Waals surface area contributed by atoms with Crippen LogP contribution in [0.25, 0.3) is 0 Å². The minimum atomic E-state index is 0.549. The summed E-state index contributed by atoms with van der Waals surface area (Å²) in [5.74, 6) is 2.56. The zero-order chi connectivity index (χ0) is 19.9. The van der Waals surface area contributed by atoms with Crippen LogP contribution in [-0.2, 0) is 17.7 Å². The lowest BCUT2D eigenvalue weighted by Gasteiger charge is -2.33. The number of benzene rings is 1. The van der Waals surface area contributed by atoms with E-state index in [1.54, 1.807) is 21.3 Å². The Balaban J connectivity index is 1.61. The average molecular weight is 391 g/mol. The molecule has 1 saturated heterocycles. The summed E-state index contributed by atoms with van der Waals surface area (Å²) < 4.78 is 16.2. The molecule has 1 fully saturated rings. The fourth-order valence-corrected chi connectivity index (χ4v) is 4.23. The van der Waals surface area contributed by atoms with Gasteiger partial charge in [-0.15, -0.1) is 0 Å². The SMILES string of the molecule is CN=C(NCC1CCCN1CCOC)N1CCc2cc(OC)c(OC)cc2C1. The highest BCUT2D eigenvalue weighted by molar-refractivity contribution is 5.80. The van der Waals surface area contributed by atoms with Crippen LogP contribution >= 0.6 is 0 Å². The number of aliphatic imine (C=N–C) groups is 1. The van der Waals surface area contributed by atoms with Gasteiger partial charge in [0, 0.05) is 46.4 Å². The van der Waals surface area contributed by atoms with E-state index in [2.05, 4.69) is 32.2 Å². The number of fused-ring (bicyclic) bond motifs is 1.